The quantitative estimate of drug-likeness (QED) is 0.518. The Hall–Kier alpha value is -1.78. The number of thiocarbonyl (C=S) groups is 1. The van der Waals surface area contributed by atoms with Gasteiger partial charge in [0, 0.05) is 6.20 Å². The van der Waals surface area contributed by atoms with Gasteiger partial charge in [-0.1, -0.05) is 29.3 Å². The van der Waals surface area contributed by atoms with Crippen LogP contribution in [0.3, 0.4) is 0 Å². The summed E-state index contributed by atoms with van der Waals surface area (Å²) < 4.78 is 1.81. The maximum absolute atomic E-state index is 6.27. The predicted molar refractivity (Wildman–Crippen MR) is 83.1 cm³/mol. The first-order chi connectivity index (χ1) is 9.70. The van der Waals surface area contributed by atoms with Crippen molar-refractivity contribution in [1.29, 1.82) is 0 Å². The Morgan fingerprint density at radius 1 is 1.15 bits per heavy atom. The molecule has 0 aliphatic carbocycles. The Kier molecular flexibility index (Phi) is 3.51. The largest absolute Gasteiger partial charge is 0.282 e. The second-order valence-electron chi connectivity index (χ2n) is 3.94. The third kappa shape index (κ3) is 2.21. The summed E-state index contributed by atoms with van der Waals surface area (Å²) in [6, 6.07) is 8.93. The highest BCUT2D eigenvalue weighted by Crippen LogP contribution is 2.37. The number of rotatable bonds is 2. The Bertz CT molecular complexity index is 829. The number of hydrogen-bond acceptors (Lipinski definition) is 4. The summed E-state index contributed by atoms with van der Waals surface area (Å²) in [5.41, 5.74) is 1.87. The van der Waals surface area contributed by atoms with Crippen molar-refractivity contribution in [3.05, 3.63) is 46.6 Å². The molecule has 0 saturated carbocycles. The minimum Gasteiger partial charge on any atom is -0.282 e. The van der Waals surface area contributed by atoms with Gasteiger partial charge < -0.3 is 0 Å². The molecular weight excluding hydrogens is 315 g/mol. The van der Waals surface area contributed by atoms with E-state index in [2.05, 4.69) is 32.6 Å². The van der Waals surface area contributed by atoms with E-state index in [4.69, 9.17) is 23.2 Å². The molecule has 0 N–H and O–H groups in total. The third-order valence-electron chi connectivity index (χ3n) is 2.74. The normalized spacial score (nSPS) is 10.5. The first kappa shape index (κ1) is 13.2. The molecule has 0 aliphatic heterocycles. The maximum atomic E-state index is 6.27. The number of aliphatic imine (C=N–C) groups is 1. The number of nitrogens with zero attached hydrogens (tertiary/aromatic N) is 4. The number of halogens is 2. The molecule has 0 amide bonds. The van der Waals surface area contributed by atoms with E-state index in [1.807, 2.05) is 28.8 Å². The fourth-order valence-corrected chi connectivity index (χ4v) is 2.65. The van der Waals surface area contributed by atoms with E-state index < -0.39 is 0 Å². The topological polar surface area (TPSA) is 42.5 Å². The average molecular weight is 321 g/mol. The Labute approximate surface area is 129 Å². The summed E-state index contributed by atoms with van der Waals surface area (Å²) in [7, 11) is 0. The molecule has 98 valence electrons. The summed E-state index contributed by atoms with van der Waals surface area (Å²) in [6.07, 6.45) is 1.85. The molecule has 1 aromatic carbocycles. The van der Waals surface area contributed by atoms with Crippen molar-refractivity contribution in [2.75, 3.05) is 0 Å². The van der Waals surface area contributed by atoms with Gasteiger partial charge >= 0.3 is 0 Å². The Balaban J connectivity index is 2.27. The molecule has 0 saturated heterocycles. The zero-order chi connectivity index (χ0) is 14.1. The molecule has 2 aromatic heterocycles. The Morgan fingerprint density at radius 3 is 2.60 bits per heavy atom. The molecule has 0 spiro atoms. The zero-order valence-corrected chi connectivity index (χ0v) is 12.2. The van der Waals surface area contributed by atoms with Crippen LogP contribution in [0.5, 0.6) is 0 Å². The average Bonchev–Trinajstić information content (AvgIpc) is 2.83. The van der Waals surface area contributed by atoms with E-state index in [9.17, 15) is 0 Å². The van der Waals surface area contributed by atoms with Crippen molar-refractivity contribution in [3.63, 3.8) is 0 Å². The van der Waals surface area contributed by atoms with Gasteiger partial charge in [0.05, 0.1) is 26.5 Å². The van der Waals surface area contributed by atoms with Crippen LogP contribution in [0.25, 0.3) is 17.0 Å². The lowest BCUT2D eigenvalue weighted by Gasteiger charge is -2.06. The number of isothiocyanates is 1. The molecule has 0 unspecified atom stereocenters. The van der Waals surface area contributed by atoms with E-state index in [0.717, 1.165) is 5.65 Å². The fourth-order valence-electron chi connectivity index (χ4n) is 1.90. The molecule has 0 fully saturated rings. The van der Waals surface area contributed by atoms with E-state index >= 15 is 0 Å². The molecule has 4 nitrogen and oxygen atoms in total. The smallest absolute Gasteiger partial charge is 0.171 e. The van der Waals surface area contributed by atoms with E-state index in [0.29, 0.717) is 27.1 Å². The first-order valence-electron chi connectivity index (χ1n) is 5.58. The molecule has 0 atom stereocenters. The van der Waals surface area contributed by atoms with Crippen LogP contribution in [0, 0.1) is 0 Å². The lowest BCUT2D eigenvalue weighted by Crippen LogP contribution is -1.90. The number of hydrogen-bond donors (Lipinski definition) is 0. The van der Waals surface area contributed by atoms with Crippen molar-refractivity contribution in [2.45, 2.75) is 0 Å². The van der Waals surface area contributed by atoms with Crippen molar-refractivity contribution in [2.24, 2.45) is 4.99 Å². The van der Waals surface area contributed by atoms with E-state index in [-0.39, 0.29) is 0 Å². The fraction of sp³-hybridized carbons (Fsp3) is 0. The molecule has 0 bridgehead atoms. The molecule has 3 aromatic rings. The van der Waals surface area contributed by atoms with Crippen molar-refractivity contribution in [3.8, 4) is 11.4 Å². The van der Waals surface area contributed by atoms with Gasteiger partial charge in [0.2, 0.25) is 0 Å². The van der Waals surface area contributed by atoms with Crippen LogP contribution in [0.2, 0.25) is 10.0 Å². The van der Waals surface area contributed by atoms with Crippen LogP contribution < -0.4 is 0 Å². The van der Waals surface area contributed by atoms with Crippen molar-refractivity contribution < 1.29 is 0 Å². The number of aromatic nitrogens is 3. The highest BCUT2D eigenvalue weighted by atomic mass is 35.5. The molecule has 0 radical (unpaired) electrons. The SMILES string of the molecule is S=C=Nc1cc(Cl)c(-c2nnc3ccccn23)c(Cl)c1. The van der Waals surface area contributed by atoms with Crippen molar-refractivity contribution in [1.82, 2.24) is 14.6 Å². The van der Waals surface area contributed by atoms with Gasteiger partial charge in [-0.15, -0.1) is 10.2 Å². The summed E-state index contributed by atoms with van der Waals surface area (Å²) in [5.74, 6) is 0.577. The van der Waals surface area contributed by atoms with Gasteiger partial charge in [0.25, 0.3) is 0 Å². The summed E-state index contributed by atoms with van der Waals surface area (Å²) in [6.45, 7) is 0. The van der Waals surface area contributed by atoms with Gasteiger partial charge in [-0.05, 0) is 36.5 Å². The standard InChI is InChI=1S/C13H6Cl2N4S/c14-9-5-8(16-7-20)6-10(15)12(9)13-18-17-11-3-1-2-4-19(11)13/h1-6H. The second-order valence-corrected chi connectivity index (χ2v) is 4.94. The molecule has 3 rings (SSSR count). The number of fused-ring (bicyclic) bond motifs is 1. The molecule has 7 heteroatoms. The lowest BCUT2D eigenvalue weighted by atomic mass is 10.2. The van der Waals surface area contributed by atoms with Crippen LogP contribution in [-0.4, -0.2) is 19.8 Å². The van der Waals surface area contributed by atoms with Crippen LogP contribution in [0.1, 0.15) is 0 Å². The van der Waals surface area contributed by atoms with E-state index in [1.54, 1.807) is 12.1 Å². The minimum absolute atomic E-state index is 0.430. The maximum Gasteiger partial charge on any atom is 0.171 e. The van der Waals surface area contributed by atoms with Gasteiger partial charge in [-0.3, -0.25) is 4.40 Å². The van der Waals surface area contributed by atoms with Gasteiger partial charge in [-0.2, -0.15) is 4.99 Å². The highest BCUT2D eigenvalue weighted by Gasteiger charge is 2.16. The lowest BCUT2D eigenvalue weighted by molar-refractivity contribution is 1.11. The summed E-state index contributed by atoms with van der Waals surface area (Å²) >= 11 is 17.1. The molecule has 0 aliphatic rings. The van der Waals surface area contributed by atoms with Crippen LogP contribution >= 0.6 is 35.4 Å². The second kappa shape index (κ2) is 5.31. The molecule has 20 heavy (non-hydrogen) atoms. The zero-order valence-electron chi connectivity index (χ0n) is 9.92. The predicted octanol–water partition coefficient (Wildman–Crippen LogP) is 4.44. The van der Waals surface area contributed by atoms with Gasteiger partial charge in [-0.25, -0.2) is 0 Å². The Morgan fingerprint density at radius 2 is 1.90 bits per heavy atom. The summed E-state index contributed by atoms with van der Waals surface area (Å²) in [5, 5.41) is 11.4. The molecular formula is C13H6Cl2N4S. The summed E-state index contributed by atoms with van der Waals surface area (Å²) in [4.78, 5) is 3.87. The monoisotopic (exact) mass is 320 g/mol. The molecule has 2 heterocycles. The van der Waals surface area contributed by atoms with Crippen LogP contribution in [0.4, 0.5) is 5.69 Å². The van der Waals surface area contributed by atoms with Gasteiger partial charge in [0.1, 0.15) is 0 Å². The third-order valence-corrected chi connectivity index (χ3v) is 3.43. The highest BCUT2D eigenvalue weighted by molar-refractivity contribution is 7.78. The first-order valence-corrected chi connectivity index (χ1v) is 6.74. The van der Waals surface area contributed by atoms with Gasteiger partial charge in [0.15, 0.2) is 11.5 Å². The minimum atomic E-state index is 0.430. The number of pyridine rings is 1. The van der Waals surface area contributed by atoms with Crippen LogP contribution in [-0.2, 0) is 0 Å². The van der Waals surface area contributed by atoms with Crippen LogP contribution in [0.15, 0.2) is 41.5 Å². The number of benzene rings is 1. The van der Waals surface area contributed by atoms with E-state index in [1.165, 1.54) is 0 Å². The van der Waals surface area contributed by atoms with Crippen molar-refractivity contribution >= 4 is 51.9 Å².